The minimum atomic E-state index is -0.205. The van der Waals surface area contributed by atoms with Crippen LogP contribution in [-0.2, 0) is 6.42 Å². The third-order valence-corrected chi connectivity index (χ3v) is 5.68. The largest absolute Gasteiger partial charge is 0.487 e. The van der Waals surface area contributed by atoms with Crippen LogP contribution in [0, 0.1) is 5.82 Å². The van der Waals surface area contributed by atoms with E-state index in [0.717, 1.165) is 44.3 Å². The van der Waals surface area contributed by atoms with E-state index in [9.17, 15) is 4.39 Å². The molecule has 1 saturated carbocycles. The molecule has 0 spiro atoms. The van der Waals surface area contributed by atoms with Gasteiger partial charge in [-0.15, -0.1) is 0 Å². The van der Waals surface area contributed by atoms with E-state index in [4.69, 9.17) is 4.74 Å². The molecule has 1 aromatic carbocycles. The number of nitrogens with zero attached hydrogens (tertiary/aromatic N) is 1. The molecule has 0 radical (unpaired) electrons. The number of halogens is 1. The summed E-state index contributed by atoms with van der Waals surface area (Å²) in [6.45, 7) is 4.15. The highest BCUT2D eigenvalue weighted by molar-refractivity contribution is 5.72. The maximum absolute atomic E-state index is 14.6. The first-order chi connectivity index (χ1) is 11.7. The van der Waals surface area contributed by atoms with E-state index in [1.165, 1.54) is 36.0 Å². The summed E-state index contributed by atoms with van der Waals surface area (Å²) in [6.07, 6.45) is 12.4. The molecule has 0 amide bonds. The smallest absolute Gasteiger partial charge is 0.165 e. The van der Waals surface area contributed by atoms with Crippen LogP contribution in [-0.4, -0.2) is 24.1 Å². The average molecular weight is 327 g/mol. The fourth-order valence-corrected chi connectivity index (χ4v) is 4.08. The molecule has 0 unspecified atom stereocenters. The van der Waals surface area contributed by atoms with E-state index in [2.05, 4.69) is 24.1 Å². The molecule has 0 aromatic heterocycles. The Morgan fingerprint density at radius 3 is 2.67 bits per heavy atom. The number of hydrogen-bond donors (Lipinski definition) is 0. The van der Waals surface area contributed by atoms with Crippen molar-refractivity contribution in [3.63, 3.8) is 0 Å². The molecule has 0 saturated heterocycles. The van der Waals surface area contributed by atoms with Gasteiger partial charge in [0.2, 0.25) is 0 Å². The van der Waals surface area contributed by atoms with Crippen LogP contribution in [0.15, 0.2) is 30.0 Å². The molecule has 2 aliphatic carbocycles. The number of aryl methyl sites for hydroxylation is 1. The topological polar surface area (TPSA) is 12.5 Å². The first-order valence-corrected chi connectivity index (χ1v) is 9.29. The van der Waals surface area contributed by atoms with Crippen molar-refractivity contribution in [3.8, 4) is 5.75 Å². The molecule has 1 fully saturated rings. The lowest BCUT2D eigenvalue weighted by molar-refractivity contribution is 0.148. The van der Waals surface area contributed by atoms with E-state index in [-0.39, 0.29) is 11.9 Å². The highest BCUT2D eigenvalue weighted by Crippen LogP contribution is 2.36. The van der Waals surface area contributed by atoms with Gasteiger partial charge in [-0.2, -0.15) is 0 Å². The average Bonchev–Trinajstić information content (AvgIpc) is 2.55. The monoisotopic (exact) mass is 327 g/mol. The quantitative estimate of drug-likeness (QED) is 0.764. The highest BCUT2D eigenvalue weighted by Gasteiger charge is 2.22. The zero-order valence-electron chi connectivity index (χ0n) is 14.5. The van der Waals surface area contributed by atoms with Gasteiger partial charge < -0.3 is 9.64 Å². The molecule has 1 aromatic rings. The summed E-state index contributed by atoms with van der Waals surface area (Å²) in [5.41, 5.74) is 5.00. The zero-order valence-corrected chi connectivity index (χ0v) is 14.5. The molecule has 128 valence electrons. The lowest BCUT2D eigenvalue weighted by Crippen LogP contribution is -2.27. The Balaban J connectivity index is 1.56. The zero-order chi connectivity index (χ0) is 16.5. The molecular formula is C21H26FNO. The van der Waals surface area contributed by atoms with Gasteiger partial charge in [0, 0.05) is 13.1 Å². The van der Waals surface area contributed by atoms with Crippen molar-refractivity contribution in [2.75, 3.05) is 13.1 Å². The van der Waals surface area contributed by atoms with E-state index in [1.54, 1.807) is 6.07 Å². The van der Waals surface area contributed by atoms with Crippen LogP contribution in [0.5, 0.6) is 5.75 Å². The Hall–Kier alpha value is -1.77. The molecule has 0 bridgehead atoms. The van der Waals surface area contributed by atoms with E-state index in [1.807, 2.05) is 6.07 Å². The van der Waals surface area contributed by atoms with Crippen LogP contribution in [0.4, 0.5) is 4.39 Å². The Kier molecular flexibility index (Phi) is 4.34. The number of rotatable bonds is 4. The summed E-state index contributed by atoms with van der Waals surface area (Å²) in [5, 5.41) is 0. The van der Waals surface area contributed by atoms with E-state index in [0.29, 0.717) is 5.75 Å². The number of fused-ring (bicyclic) bond motifs is 1. The van der Waals surface area contributed by atoms with Gasteiger partial charge in [0.1, 0.15) is 0 Å². The molecule has 4 rings (SSSR count). The summed E-state index contributed by atoms with van der Waals surface area (Å²) in [6, 6.07) is 3.66. The summed E-state index contributed by atoms with van der Waals surface area (Å²) in [4.78, 5) is 2.31. The number of hydrogen-bond acceptors (Lipinski definition) is 2. The van der Waals surface area contributed by atoms with Gasteiger partial charge in [0.25, 0.3) is 0 Å². The van der Waals surface area contributed by atoms with Crippen LogP contribution in [0.25, 0.3) is 5.57 Å². The van der Waals surface area contributed by atoms with Crippen molar-refractivity contribution in [3.05, 3.63) is 46.9 Å². The maximum Gasteiger partial charge on any atom is 0.165 e. The molecule has 3 aliphatic rings. The molecule has 3 heteroatoms. The molecular weight excluding hydrogens is 301 g/mol. The van der Waals surface area contributed by atoms with Gasteiger partial charge in [0.15, 0.2) is 11.6 Å². The van der Waals surface area contributed by atoms with Crippen molar-refractivity contribution < 1.29 is 9.13 Å². The summed E-state index contributed by atoms with van der Waals surface area (Å²) < 4.78 is 20.6. The van der Waals surface area contributed by atoms with Gasteiger partial charge in [-0.25, -0.2) is 4.39 Å². The van der Waals surface area contributed by atoms with E-state index < -0.39 is 0 Å². The minimum Gasteiger partial charge on any atom is -0.487 e. The van der Waals surface area contributed by atoms with Crippen LogP contribution in [0.2, 0.25) is 0 Å². The standard InChI is InChI=1S/C21H26FNO/c1-15-17(14-23-10-5-11-23)9-8-16-12-21(20(22)13-19(15)16)24-18-6-3-2-4-7-18/h5,10,12-13,18H,2-4,6-9,11,14H2,1H3. The number of allylic oxidation sites excluding steroid dienone is 1. The summed E-state index contributed by atoms with van der Waals surface area (Å²) in [7, 11) is 0. The molecule has 2 nitrogen and oxygen atoms in total. The van der Waals surface area contributed by atoms with Gasteiger partial charge in [0.05, 0.1) is 6.10 Å². The number of benzene rings is 1. The first kappa shape index (κ1) is 15.7. The van der Waals surface area contributed by atoms with Crippen LogP contribution < -0.4 is 4.74 Å². The summed E-state index contributed by atoms with van der Waals surface area (Å²) in [5.74, 6) is 0.256. The van der Waals surface area contributed by atoms with E-state index >= 15 is 0 Å². The first-order valence-electron chi connectivity index (χ1n) is 9.29. The predicted molar refractivity (Wildman–Crippen MR) is 95.5 cm³/mol. The minimum absolute atomic E-state index is 0.195. The van der Waals surface area contributed by atoms with Crippen molar-refractivity contribution in [2.45, 2.75) is 58.0 Å². The normalized spacial score (nSPS) is 20.8. The van der Waals surface area contributed by atoms with Crippen LogP contribution >= 0.6 is 0 Å². The number of ether oxygens (including phenoxy) is 1. The maximum atomic E-state index is 14.6. The Morgan fingerprint density at radius 1 is 1.17 bits per heavy atom. The van der Waals surface area contributed by atoms with Crippen molar-refractivity contribution in [2.24, 2.45) is 0 Å². The second-order valence-corrected chi connectivity index (χ2v) is 7.36. The predicted octanol–water partition coefficient (Wildman–Crippen LogP) is 5.09. The lowest BCUT2D eigenvalue weighted by Gasteiger charge is -2.30. The molecule has 24 heavy (non-hydrogen) atoms. The SMILES string of the molecule is CC1=C(CN2C=CC2)CCc2cc(OC3CCCCC3)c(F)cc21. The van der Waals surface area contributed by atoms with Crippen molar-refractivity contribution >= 4 is 5.57 Å². The third kappa shape index (κ3) is 3.09. The lowest BCUT2D eigenvalue weighted by atomic mass is 9.85. The molecule has 0 N–H and O–H groups in total. The second kappa shape index (κ2) is 6.62. The van der Waals surface area contributed by atoms with Gasteiger partial charge in [-0.1, -0.05) is 6.42 Å². The molecule has 1 heterocycles. The van der Waals surface area contributed by atoms with Crippen molar-refractivity contribution in [1.29, 1.82) is 0 Å². The Bertz CT molecular complexity index is 685. The third-order valence-electron chi connectivity index (χ3n) is 5.68. The summed E-state index contributed by atoms with van der Waals surface area (Å²) >= 11 is 0. The molecule has 1 aliphatic heterocycles. The Labute approximate surface area is 144 Å². The second-order valence-electron chi connectivity index (χ2n) is 7.36. The Morgan fingerprint density at radius 2 is 1.96 bits per heavy atom. The van der Waals surface area contributed by atoms with Crippen molar-refractivity contribution in [1.82, 2.24) is 4.90 Å². The van der Waals surface area contributed by atoms with Gasteiger partial charge in [-0.05, 0) is 92.1 Å². The molecule has 0 atom stereocenters. The van der Waals surface area contributed by atoms with Gasteiger partial charge >= 0.3 is 0 Å². The fourth-order valence-electron chi connectivity index (χ4n) is 4.08. The van der Waals surface area contributed by atoms with Gasteiger partial charge in [-0.3, -0.25) is 0 Å². The fraction of sp³-hybridized carbons (Fsp3) is 0.524. The highest BCUT2D eigenvalue weighted by atomic mass is 19.1. The van der Waals surface area contributed by atoms with Crippen LogP contribution in [0.3, 0.4) is 0 Å². The van der Waals surface area contributed by atoms with Crippen LogP contribution in [0.1, 0.15) is 56.6 Å².